The van der Waals surface area contributed by atoms with E-state index in [1.165, 1.54) is 0 Å². The van der Waals surface area contributed by atoms with Gasteiger partial charge in [-0.2, -0.15) is 0 Å². The summed E-state index contributed by atoms with van der Waals surface area (Å²) in [5.74, 6) is 0. The Bertz CT molecular complexity index is 210. The van der Waals surface area contributed by atoms with Crippen molar-refractivity contribution in [3.8, 4) is 0 Å². The Morgan fingerprint density at radius 3 is 2.82 bits per heavy atom. The van der Waals surface area contributed by atoms with Crippen LogP contribution in [0.5, 0.6) is 0 Å². The Hall–Kier alpha value is -0.800. The van der Waals surface area contributed by atoms with Crippen LogP contribution in [0.3, 0.4) is 0 Å². The molecule has 3 heteroatoms. The summed E-state index contributed by atoms with van der Waals surface area (Å²) in [5, 5.41) is 0. The molecule has 0 amide bonds. The second kappa shape index (κ2) is 2.68. The molecule has 2 aliphatic rings. The van der Waals surface area contributed by atoms with Crippen LogP contribution < -0.4 is 5.73 Å². The van der Waals surface area contributed by atoms with E-state index in [4.69, 9.17) is 15.2 Å². The Labute approximate surface area is 65.5 Å². The fraction of sp³-hybridized carbons (Fsp3) is 0.500. The van der Waals surface area contributed by atoms with Crippen molar-refractivity contribution in [2.45, 2.75) is 12.2 Å². The summed E-state index contributed by atoms with van der Waals surface area (Å²) in [5.41, 5.74) is 6.34. The minimum Gasteiger partial charge on any atom is -0.399 e. The minimum atomic E-state index is 0.0359. The van der Waals surface area contributed by atoms with Crippen LogP contribution in [0.4, 0.5) is 0 Å². The Kier molecular flexibility index (Phi) is 1.68. The zero-order valence-corrected chi connectivity index (χ0v) is 6.19. The molecule has 2 unspecified atom stereocenters. The highest BCUT2D eigenvalue weighted by Crippen LogP contribution is 2.17. The number of fused-ring (bicyclic) bond motifs is 1. The van der Waals surface area contributed by atoms with Crippen LogP contribution in [0, 0.1) is 0 Å². The minimum absolute atomic E-state index is 0.0359. The molecule has 1 aliphatic heterocycles. The van der Waals surface area contributed by atoms with E-state index >= 15 is 0 Å². The molecule has 1 saturated heterocycles. The van der Waals surface area contributed by atoms with E-state index in [1.807, 2.05) is 18.2 Å². The molecular formula is C8H11NO2. The topological polar surface area (TPSA) is 44.5 Å². The molecule has 1 fully saturated rings. The largest absolute Gasteiger partial charge is 0.399 e. The van der Waals surface area contributed by atoms with Gasteiger partial charge in [-0.1, -0.05) is 6.08 Å². The van der Waals surface area contributed by atoms with E-state index in [0.29, 0.717) is 13.2 Å². The van der Waals surface area contributed by atoms with Crippen LogP contribution in [0.25, 0.3) is 0 Å². The second-order valence-electron chi connectivity index (χ2n) is 2.70. The maximum Gasteiger partial charge on any atom is 0.108 e. The fourth-order valence-corrected chi connectivity index (χ4v) is 1.32. The van der Waals surface area contributed by atoms with Gasteiger partial charge < -0.3 is 15.2 Å². The van der Waals surface area contributed by atoms with E-state index < -0.39 is 0 Å². The van der Waals surface area contributed by atoms with E-state index in [9.17, 15) is 0 Å². The van der Waals surface area contributed by atoms with Gasteiger partial charge in [0, 0.05) is 5.70 Å². The average Bonchev–Trinajstić information content (AvgIpc) is 2.04. The molecule has 0 saturated carbocycles. The van der Waals surface area contributed by atoms with Crippen molar-refractivity contribution in [3.05, 3.63) is 23.9 Å². The first kappa shape index (κ1) is 6.88. The molecule has 11 heavy (non-hydrogen) atoms. The quantitative estimate of drug-likeness (QED) is 0.540. The van der Waals surface area contributed by atoms with Crippen LogP contribution in [-0.2, 0) is 9.47 Å². The Morgan fingerprint density at radius 2 is 2.00 bits per heavy atom. The van der Waals surface area contributed by atoms with Crippen molar-refractivity contribution in [3.63, 3.8) is 0 Å². The molecular weight excluding hydrogens is 142 g/mol. The number of ether oxygens (including phenoxy) is 2. The first-order chi connectivity index (χ1) is 5.36. The lowest BCUT2D eigenvalue weighted by Gasteiger charge is -2.30. The van der Waals surface area contributed by atoms with Gasteiger partial charge in [0.15, 0.2) is 0 Å². The molecule has 60 valence electrons. The van der Waals surface area contributed by atoms with Crippen molar-refractivity contribution in [2.24, 2.45) is 5.73 Å². The van der Waals surface area contributed by atoms with Crippen LogP contribution in [0.15, 0.2) is 23.9 Å². The maximum atomic E-state index is 5.58. The SMILES string of the molecule is NC1=CC2OCCOC2C=C1. The fourth-order valence-electron chi connectivity index (χ4n) is 1.32. The van der Waals surface area contributed by atoms with Crippen LogP contribution in [0.1, 0.15) is 0 Å². The molecule has 0 aromatic rings. The third kappa shape index (κ3) is 1.29. The van der Waals surface area contributed by atoms with Crippen molar-refractivity contribution in [1.82, 2.24) is 0 Å². The predicted octanol–water partition coefficient (Wildman–Crippen LogP) is 0.183. The summed E-state index contributed by atoms with van der Waals surface area (Å²) in [7, 11) is 0. The molecule has 2 atom stereocenters. The maximum absolute atomic E-state index is 5.58. The molecule has 3 nitrogen and oxygen atoms in total. The Balaban J connectivity index is 2.13. The molecule has 0 spiro atoms. The summed E-state index contributed by atoms with van der Waals surface area (Å²) in [6.45, 7) is 1.35. The van der Waals surface area contributed by atoms with Gasteiger partial charge in [0.1, 0.15) is 12.2 Å². The molecule has 0 aromatic carbocycles. The monoisotopic (exact) mass is 153 g/mol. The predicted molar refractivity (Wildman–Crippen MR) is 40.9 cm³/mol. The number of hydrogen-bond donors (Lipinski definition) is 1. The molecule has 1 aliphatic carbocycles. The molecule has 0 bridgehead atoms. The van der Waals surface area contributed by atoms with E-state index in [0.717, 1.165) is 5.70 Å². The number of rotatable bonds is 0. The van der Waals surface area contributed by atoms with Gasteiger partial charge in [-0.05, 0) is 12.2 Å². The van der Waals surface area contributed by atoms with Gasteiger partial charge in [-0.3, -0.25) is 0 Å². The summed E-state index contributed by atoms with van der Waals surface area (Å²) >= 11 is 0. The van der Waals surface area contributed by atoms with E-state index in [-0.39, 0.29) is 12.2 Å². The molecule has 0 radical (unpaired) electrons. The van der Waals surface area contributed by atoms with Gasteiger partial charge >= 0.3 is 0 Å². The van der Waals surface area contributed by atoms with Gasteiger partial charge in [0.05, 0.1) is 13.2 Å². The van der Waals surface area contributed by atoms with Gasteiger partial charge in [0.25, 0.3) is 0 Å². The highest BCUT2D eigenvalue weighted by Gasteiger charge is 2.24. The van der Waals surface area contributed by atoms with Crippen LogP contribution in [-0.4, -0.2) is 25.4 Å². The summed E-state index contributed by atoms with van der Waals surface area (Å²) in [4.78, 5) is 0. The molecule has 2 rings (SSSR count). The van der Waals surface area contributed by atoms with E-state index in [2.05, 4.69) is 0 Å². The van der Waals surface area contributed by atoms with Crippen molar-refractivity contribution < 1.29 is 9.47 Å². The van der Waals surface area contributed by atoms with Crippen molar-refractivity contribution in [1.29, 1.82) is 0 Å². The summed E-state index contributed by atoms with van der Waals surface area (Å²) < 4.78 is 10.8. The standard InChI is InChI=1S/C8H11NO2/c9-6-1-2-7-8(5-6)11-4-3-10-7/h1-2,5,7-8H,3-4,9H2. The average molecular weight is 153 g/mol. The van der Waals surface area contributed by atoms with Gasteiger partial charge in [0.2, 0.25) is 0 Å². The second-order valence-corrected chi connectivity index (χ2v) is 2.70. The number of nitrogens with two attached hydrogens (primary N) is 1. The molecule has 2 N–H and O–H groups in total. The normalized spacial score (nSPS) is 36.2. The highest BCUT2D eigenvalue weighted by molar-refractivity contribution is 5.25. The van der Waals surface area contributed by atoms with E-state index in [1.54, 1.807) is 0 Å². The third-order valence-electron chi connectivity index (χ3n) is 1.86. The molecule has 0 aromatic heterocycles. The Morgan fingerprint density at radius 1 is 1.27 bits per heavy atom. The first-order valence-corrected chi connectivity index (χ1v) is 3.75. The van der Waals surface area contributed by atoms with Crippen molar-refractivity contribution >= 4 is 0 Å². The highest BCUT2D eigenvalue weighted by atomic mass is 16.6. The van der Waals surface area contributed by atoms with Gasteiger partial charge in [-0.25, -0.2) is 0 Å². The van der Waals surface area contributed by atoms with Crippen LogP contribution in [0.2, 0.25) is 0 Å². The first-order valence-electron chi connectivity index (χ1n) is 3.75. The van der Waals surface area contributed by atoms with Crippen LogP contribution >= 0.6 is 0 Å². The number of allylic oxidation sites excluding steroid dienone is 1. The zero-order chi connectivity index (χ0) is 7.68. The lowest BCUT2D eigenvalue weighted by molar-refractivity contribution is -0.102. The van der Waals surface area contributed by atoms with Crippen molar-refractivity contribution in [2.75, 3.05) is 13.2 Å². The third-order valence-corrected chi connectivity index (χ3v) is 1.86. The number of hydrogen-bond acceptors (Lipinski definition) is 3. The lowest BCUT2D eigenvalue weighted by Crippen LogP contribution is -2.37. The summed E-state index contributed by atoms with van der Waals surface area (Å²) in [6, 6.07) is 0. The lowest BCUT2D eigenvalue weighted by atomic mass is 10.1. The smallest absolute Gasteiger partial charge is 0.108 e. The zero-order valence-electron chi connectivity index (χ0n) is 6.19. The summed E-state index contributed by atoms with van der Waals surface area (Å²) in [6.07, 6.45) is 5.81. The molecule has 1 heterocycles. The van der Waals surface area contributed by atoms with Gasteiger partial charge in [-0.15, -0.1) is 0 Å².